The van der Waals surface area contributed by atoms with E-state index in [1.165, 1.54) is 25.2 Å². The van der Waals surface area contributed by atoms with Crippen molar-refractivity contribution in [1.29, 1.82) is 0 Å². The number of carbonyl (C=O) groups is 2. The molecule has 144 valence electrons. The maximum absolute atomic E-state index is 13.1. The predicted molar refractivity (Wildman–Crippen MR) is 96.0 cm³/mol. The number of hydrogen-bond acceptors (Lipinski definition) is 6. The molecule has 0 saturated heterocycles. The predicted octanol–water partition coefficient (Wildman–Crippen LogP) is 0.647. The van der Waals surface area contributed by atoms with Crippen molar-refractivity contribution in [2.75, 3.05) is 12.3 Å². The van der Waals surface area contributed by atoms with Gasteiger partial charge in [-0.1, -0.05) is 19.1 Å². The number of ketones is 1. The molecule has 0 spiro atoms. The van der Waals surface area contributed by atoms with Crippen LogP contribution in [0.15, 0.2) is 33.9 Å². The fourth-order valence-electron chi connectivity index (χ4n) is 2.57. The van der Waals surface area contributed by atoms with Crippen LogP contribution in [-0.2, 0) is 29.5 Å². The summed E-state index contributed by atoms with van der Waals surface area (Å²) in [6.45, 7) is 1.34. The van der Waals surface area contributed by atoms with Gasteiger partial charge in [-0.15, -0.1) is 0 Å². The number of benzene rings is 1. The molecule has 1 heterocycles. The molecule has 2 rings (SSSR count). The molecule has 0 atom stereocenters. The molecule has 0 aliphatic heterocycles. The smallest absolute Gasteiger partial charge is 0.332 e. The number of aromatic nitrogens is 2. The first-order valence-corrected chi connectivity index (χ1v) is 8.28. The van der Waals surface area contributed by atoms with Crippen LogP contribution in [0.3, 0.4) is 0 Å². The molecule has 0 radical (unpaired) electrons. The summed E-state index contributed by atoms with van der Waals surface area (Å²) >= 11 is 0. The first kappa shape index (κ1) is 20.1. The van der Waals surface area contributed by atoms with Gasteiger partial charge in [-0.25, -0.2) is 9.18 Å². The average Bonchev–Trinajstić information content (AvgIpc) is 2.62. The molecule has 0 fully saturated rings. The number of halogens is 1. The van der Waals surface area contributed by atoms with E-state index in [9.17, 15) is 23.6 Å². The van der Waals surface area contributed by atoms with E-state index >= 15 is 0 Å². The summed E-state index contributed by atoms with van der Waals surface area (Å²) in [7, 11) is 1.24. The first-order valence-electron chi connectivity index (χ1n) is 8.28. The van der Waals surface area contributed by atoms with Crippen molar-refractivity contribution in [2.45, 2.75) is 26.3 Å². The highest BCUT2D eigenvalue weighted by Gasteiger charge is 2.22. The molecule has 0 aliphatic carbocycles. The summed E-state index contributed by atoms with van der Waals surface area (Å²) in [6.07, 6.45) is 0.340. The van der Waals surface area contributed by atoms with Crippen LogP contribution in [-0.4, -0.2) is 27.5 Å². The summed E-state index contributed by atoms with van der Waals surface area (Å²) in [6, 6.07) is 5.41. The lowest BCUT2D eigenvalue weighted by Crippen LogP contribution is -2.43. The molecule has 0 amide bonds. The lowest BCUT2D eigenvalue weighted by molar-refractivity contribution is -0.141. The van der Waals surface area contributed by atoms with Crippen LogP contribution in [0.5, 0.6) is 0 Å². The fourth-order valence-corrected chi connectivity index (χ4v) is 2.57. The van der Waals surface area contributed by atoms with Gasteiger partial charge in [-0.2, -0.15) is 0 Å². The molecule has 0 bridgehead atoms. The van der Waals surface area contributed by atoms with Crippen LogP contribution in [0.1, 0.15) is 29.3 Å². The summed E-state index contributed by atoms with van der Waals surface area (Å²) in [5.74, 6) is -2.32. The highest BCUT2D eigenvalue weighted by atomic mass is 19.1. The van der Waals surface area contributed by atoms with Gasteiger partial charge < -0.3 is 10.5 Å². The van der Waals surface area contributed by atoms with Crippen molar-refractivity contribution < 1.29 is 18.7 Å². The van der Waals surface area contributed by atoms with E-state index < -0.39 is 41.0 Å². The molecule has 8 nitrogen and oxygen atoms in total. The van der Waals surface area contributed by atoms with Crippen LogP contribution in [0, 0.1) is 5.82 Å². The number of hydrogen-bond donors (Lipinski definition) is 1. The lowest BCUT2D eigenvalue weighted by Gasteiger charge is -2.13. The number of nitrogens with zero attached hydrogens (tertiary/aromatic N) is 2. The molecule has 9 heteroatoms. The third kappa shape index (κ3) is 4.49. The van der Waals surface area contributed by atoms with E-state index in [1.54, 1.807) is 6.07 Å². The number of ether oxygens (including phenoxy) is 1. The maximum Gasteiger partial charge on any atom is 0.332 e. The van der Waals surface area contributed by atoms with Gasteiger partial charge in [0.15, 0.2) is 6.61 Å². The minimum Gasteiger partial charge on any atom is -0.457 e. The molecule has 27 heavy (non-hydrogen) atoms. The van der Waals surface area contributed by atoms with Crippen LogP contribution < -0.4 is 17.0 Å². The van der Waals surface area contributed by atoms with E-state index in [0.717, 1.165) is 9.13 Å². The molecule has 2 N–H and O–H groups in total. The Balaban J connectivity index is 2.17. The second kappa shape index (κ2) is 8.43. The van der Waals surface area contributed by atoms with E-state index in [-0.39, 0.29) is 18.8 Å². The third-order valence-corrected chi connectivity index (χ3v) is 3.91. The molecule has 1 aromatic carbocycles. The van der Waals surface area contributed by atoms with Crippen LogP contribution in [0.25, 0.3) is 0 Å². The Bertz CT molecular complexity index is 993. The molecule has 0 aliphatic rings. The zero-order chi connectivity index (χ0) is 20.1. The van der Waals surface area contributed by atoms with E-state index in [1.807, 2.05) is 6.92 Å². The Morgan fingerprint density at radius 1 is 1.26 bits per heavy atom. The molecule has 2 aromatic rings. The topological polar surface area (TPSA) is 113 Å². The fraction of sp³-hybridized carbons (Fsp3) is 0.333. The largest absolute Gasteiger partial charge is 0.457 e. The lowest BCUT2D eigenvalue weighted by atomic mass is 10.1. The maximum atomic E-state index is 13.1. The van der Waals surface area contributed by atoms with Crippen molar-refractivity contribution >= 4 is 17.6 Å². The number of carbonyl (C=O) groups excluding carboxylic acids is 2. The Morgan fingerprint density at radius 2 is 1.96 bits per heavy atom. The minimum atomic E-state index is -0.851. The standard InChI is InChI=1S/C18H20FN3O5/c1-3-7-22-16(20)15(17(25)21(2)18(22)26)13(23)10-27-14(24)9-11-5-4-6-12(19)8-11/h4-6,8H,3,7,9-10,20H2,1-2H3. The number of nitrogen functional groups attached to an aromatic ring is 1. The second-order valence-electron chi connectivity index (χ2n) is 5.95. The third-order valence-electron chi connectivity index (χ3n) is 3.91. The second-order valence-corrected chi connectivity index (χ2v) is 5.95. The van der Waals surface area contributed by atoms with Crippen molar-refractivity contribution in [2.24, 2.45) is 7.05 Å². The highest BCUT2D eigenvalue weighted by molar-refractivity contribution is 6.01. The molecule has 1 aromatic heterocycles. The van der Waals surface area contributed by atoms with Crippen molar-refractivity contribution in [1.82, 2.24) is 9.13 Å². The highest BCUT2D eigenvalue weighted by Crippen LogP contribution is 2.08. The Hall–Kier alpha value is -3.23. The van der Waals surface area contributed by atoms with Crippen LogP contribution >= 0.6 is 0 Å². The average molecular weight is 377 g/mol. The van der Waals surface area contributed by atoms with E-state index in [4.69, 9.17) is 10.5 Å². The number of rotatable bonds is 7. The number of esters is 1. The van der Waals surface area contributed by atoms with Gasteiger partial charge in [-0.3, -0.25) is 23.5 Å². The summed E-state index contributed by atoms with van der Waals surface area (Å²) in [5, 5.41) is 0. The SMILES string of the molecule is CCCn1c(N)c(C(=O)COC(=O)Cc2cccc(F)c2)c(=O)n(C)c1=O. The Kier molecular flexibility index (Phi) is 6.27. The van der Waals surface area contributed by atoms with Gasteiger partial charge in [0.05, 0.1) is 6.42 Å². The number of Topliss-reactive ketones (excluding diaryl/α,β-unsaturated/α-hetero) is 1. The van der Waals surface area contributed by atoms with Crippen molar-refractivity contribution in [3.8, 4) is 0 Å². The van der Waals surface area contributed by atoms with Crippen molar-refractivity contribution in [3.05, 3.63) is 62.0 Å². The van der Waals surface area contributed by atoms with Crippen molar-refractivity contribution in [3.63, 3.8) is 0 Å². The van der Waals surface area contributed by atoms with Gasteiger partial charge in [0.2, 0.25) is 5.78 Å². The van der Waals surface area contributed by atoms with Gasteiger partial charge in [0.25, 0.3) is 5.56 Å². The normalized spacial score (nSPS) is 10.6. The Morgan fingerprint density at radius 3 is 2.59 bits per heavy atom. The molecular formula is C18H20FN3O5. The summed E-state index contributed by atoms with van der Waals surface area (Å²) in [5.41, 5.74) is 4.35. The summed E-state index contributed by atoms with van der Waals surface area (Å²) < 4.78 is 19.9. The zero-order valence-corrected chi connectivity index (χ0v) is 15.0. The number of nitrogens with two attached hydrogens (primary N) is 1. The van der Waals surface area contributed by atoms with Gasteiger partial charge in [0, 0.05) is 13.6 Å². The quantitative estimate of drug-likeness (QED) is 0.560. The van der Waals surface area contributed by atoms with E-state index in [0.29, 0.717) is 12.0 Å². The minimum absolute atomic E-state index is 0.228. The monoisotopic (exact) mass is 377 g/mol. The van der Waals surface area contributed by atoms with Crippen LogP contribution in [0.2, 0.25) is 0 Å². The molecular weight excluding hydrogens is 357 g/mol. The van der Waals surface area contributed by atoms with Crippen LogP contribution in [0.4, 0.5) is 10.2 Å². The Labute approximate surface area is 154 Å². The first-order chi connectivity index (χ1) is 12.8. The van der Waals surface area contributed by atoms with Gasteiger partial charge in [0.1, 0.15) is 17.2 Å². The zero-order valence-electron chi connectivity index (χ0n) is 15.0. The number of anilines is 1. The van der Waals surface area contributed by atoms with Gasteiger partial charge in [-0.05, 0) is 24.1 Å². The summed E-state index contributed by atoms with van der Waals surface area (Å²) in [4.78, 5) is 48.6. The van der Waals surface area contributed by atoms with Gasteiger partial charge >= 0.3 is 11.7 Å². The molecule has 0 saturated carbocycles. The van der Waals surface area contributed by atoms with E-state index in [2.05, 4.69) is 0 Å². The molecule has 0 unspecified atom stereocenters.